The van der Waals surface area contributed by atoms with Crippen LogP contribution in [0.3, 0.4) is 0 Å². The summed E-state index contributed by atoms with van der Waals surface area (Å²) in [5, 5.41) is 4.61. The number of hydrogen-bond acceptors (Lipinski definition) is 3. The van der Waals surface area contributed by atoms with E-state index in [-0.39, 0.29) is 0 Å². The second-order valence-corrected chi connectivity index (χ2v) is 7.46. The average Bonchev–Trinajstić information content (AvgIpc) is 2.68. The molecule has 0 aromatic heterocycles. The van der Waals surface area contributed by atoms with Crippen molar-refractivity contribution in [2.45, 2.75) is 27.0 Å². The lowest BCUT2D eigenvalue weighted by molar-refractivity contribution is 0.284. The van der Waals surface area contributed by atoms with E-state index in [9.17, 15) is 0 Å². The maximum Gasteiger partial charge on any atom is 0.180 e. The summed E-state index contributed by atoms with van der Waals surface area (Å²) in [7, 11) is 1.61. The molecule has 0 unspecified atom stereocenters. The lowest BCUT2D eigenvalue weighted by Crippen LogP contribution is -2.03. The van der Waals surface area contributed by atoms with E-state index in [0.29, 0.717) is 29.7 Å². The van der Waals surface area contributed by atoms with Crippen molar-refractivity contribution in [3.8, 4) is 11.5 Å². The number of methoxy groups -OCH3 is 1. The summed E-state index contributed by atoms with van der Waals surface area (Å²) in [4.78, 5) is 0. The number of hydrogen-bond donors (Lipinski definition) is 1. The number of benzene rings is 3. The fourth-order valence-electron chi connectivity index (χ4n) is 2.84. The number of halogens is 2. The minimum atomic E-state index is 0.433. The zero-order valence-electron chi connectivity index (χ0n) is 16.2. The molecule has 0 bridgehead atoms. The van der Waals surface area contributed by atoms with E-state index in [1.165, 1.54) is 5.56 Å². The van der Waals surface area contributed by atoms with Gasteiger partial charge in [-0.05, 0) is 60.4 Å². The van der Waals surface area contributed by atoms with Crippen LogP contribution in [0.25, 0.3) is 0 Å². The first-order valence-corrected chi connectivity index (χ1v) is 9.77. The van der Waals surface area contributed by atoms with Crippen LogP contribution in [-0.2, 0) is 13.2 Å². The molecule has 0 saturated heterocycles. The van der Waals surface area contributed by atoms with Crippen LogP contribution in [0.15, 0.2) is 54.6 Å². The fraction of sp³-hybridized carbons (Fsp3) is 0.217. The van der Waals surface area contributed by atoms with Gasteiger partial charge in [-0.25, -0.2) is 0 Å². The normalized spacial score (nSPS) is 10.6. The van der Waals surface area contributed by atoms with Crippen LogP contribution < -0.4 is 14.8 Å². The van der Waals surface area contributed by atoms with Gasteiger partial charge < -0.3 is 14.8 Å². The highest BCUT2D eigenvalue weighted by molar-refractivity contribution is 6.32. The summed E-state index contributed by atoms with van der Waals surface area (Å²) in [6.07, 6.45) is 0. The zero-order valence-corrected chi connectivity index (χ0v) is 17.7. The first kappa shape index (κ1) is 20.4. The minimum absolute atomic E-state index is 0.433. The van der Waals surface area contributed by atoms with Crippen molar-refractivity contribution in [1.82, 2.24) is 0 Å². The van der Waals surface area contributed by atoms with Crippen LogP contribution in [0.5, 0.6) is 11.5 Å². The van der Waals surface area contributed by atoms with Crippen molar-refractivity contribution in [3.63, 3.8) is 0 Å². The van der Waals surface area contributed by atoms with Gasteiger partial charge in [0.2, 0.25) is 0 Å². The van der Waals surface area contributed by atoms with Crippen LogP contribution in [0, 0.1) is 13.8 Å². The van der Waals surface area contributed by atoms with Crippen LogP contribution >= 0.6 is 23.2 Å². The highest BCUT2D eigenvalue weighted by Crippen LogP contribution is 2.37. The molecule has 0 aliphatic carbocycles. The Labute approximate surface area is 176 Å². The monoisotopic (exact) mass is 415 g/mol. The molecule has 3 nitrogen and oxygen atoms in total. The van der Waals surface area contributed by atoms with Gasteiger partial charge in [-0.3, -0.25) is 0 Å². The molecule has 5 heteroatoms. The van der Waals surface area contributed by atoms with Crippen molar-refractivity contribution in [2.24, 2.45) is 0 Å². The highest BCUT2D eigenvalue weighted by Gasteiger charge is 2.13. The zero-order chi connectivity index (χ0) is 20.1. The summed E-state index contributed by atoms with van der Waals surface area (Å²) in [5.41, 5.74) is 5.28. The molecular weight excluding hydrogens is 393 g/mol. The van der Waals surface area contributed by atoms with E-state index in [2.05, 4.69) is 18.3 Å². The second kappa shape index (κ2) is 9.22. The molecule has 0 aliphatic heterocycles. The van der Waals surface area contributed by atoms with Crippen LogP contribution in [0.2, 0.25) is 10.0 Å². The van der Waals surface area contributed by atoms with Gasteiger partial charge >= 0.3 is 0 Å². The Balaban J connectivity index is 1.73. The van der Waals surface area contributed by atoms with E-state index in [0.717, 1.165) is 27.4 Å². The number of ether oxygens (including phenoxy) is 2. The van der Waals surface area contributed by atoms with Crippen LogP contribution in [0.1, 0.15) is 22.3 Å². The second-order valence-electron chi connectivity index (χ2n) is 6.64. The van der Waals surface area contributed by atoms with Crippen molar-refractivity contribution in [1.29, 1.82) is 0 Å². The van der Waals surface area contributed by atoms with Crippen molar-refractivity contribution < 1.29 is 9.47 Å². The third-order valence-corrected chi connectivity index (χ3v) is 5.28. The molecule has 0 heterocycles. The molecule has 0 spiro atoms. The van der Waals surface area contributed by atoms with Gasteiger partial charge in [-0.1, -0.05) is 53.5 Å². The summed E-state index contributed by atoms with van der Waals surface area (Å²) in [5.74, 6) is 1.16. The Hall–Kier alpha value is -2.36. The average molecular weight is 416 g/mol. The molecule has 3 rings (SSSR count). The smallest absolute Gasteiger partial charge is 0.180 e. The molecule has 28 heavy (non-hydrogen) atoms. The van der Waals surface area contributed by atoms with E-state index in [1.807, 2.05) is 55.5 Å². The number of rotatable bonds is 7. The Bertz CT molecular complexity index is 973. The summed E-state index contributed by atoms with van der Waals surface area (Å²) in [6, 6.07) is 17.8. The van der Waals surface area contributed by atoms with Gasteiger partial charge in [0.25, 0.3) is 0 Å². The van der Waals surface area contributed by atoms with E-state index in [1.54, 1.807) is 7.11 Å². The molecule has 0 aliphatic rings. The van der Waals surface area contributed by atoms with E-state index in [4.69, 9.17) is 32.7 Å². The largest absolute Gasteiger partial charge is 0.493 e. The van der Waals surface area contributed by atoms with Gasteiger partial charge in [-0.2, -0.15) is 0 Å². The van der Waals surface area contributed by atoms with Crippen molar-refractivity contribution in [2.75, 3.05) is 12.4 Å². The van der Waals surface area contributed by atoms with Crippen LogP contribution in [0.4, 0.5) is 5.69 Å². The first-order valence-electron chi connectivity index (χ1n) is 9.01. The predicted molar refractivity (Wildman–Crippen MR) is 117 cm³/mol. The summed E-state index contributed by atoms with van der Waals surface area (Å²) < 4.78 is 11.5. The van der Waals surface area contributed by atoms with Gasteiger partial charge in [0.1, 0.15) is 6.61 Å². The Morgan fingerprint density at radius 2 is 1.68 bits per heavy atom. The van der Waals surface area contributed by atoms with Crippen LogP contribution in [-0.4, -0.2) is 7.11 Å². The highest BCUT2D eigenvalue weighted by atomic mass is 35.5. The standard InChI is InChI=1S/C23H23Cl2NO2/c1-15-6-4-5-7-18(15)14-28-23-21(25)10-17(11-22(23)27-3)13-26-19-9-8-16(2)20(24)12-19/h4-12,26H,13-14H2,1-3H3. The van der Waals surface area contributed by atoms with Gasteiger partial charge in [-0.15, -0.1) is 0 Å². The summed E-state index contributed by atoms with van der Waals surface area (Å²) >= 11 is 12.7. The fourth-order valence-corrected chi connectivity index (χ4v) is 3.31. The van der Waals surface area contributed by atoms with Crippen molar-refractivity contribution >= 4 is 28.9 Å². The molecule has 3 aromatic carbocycles. The Morgan fingerprint density at radius 1 is 0.893 bits per heavy atom. The molecule has 0 fully saturated rings. The predicted octanol–water partition coefficient (Wildman–Crippen LogP) is 6.81. The SMILES string of the molecule is COc1cc(CNc2ccc(C)c(Cl)c2)cc(Cl)c1OCc1ccccc1C. The molecule has 3 aromatic rings. The lowest BCUT2D eigenvalue weighted by Gasteiger charge is -2.16. The molecule has 0 radical (unpaired) electrons. The lowest BCUT2D eigenvalue weighted by atomic mass is 10.1. The quantitative estimate of drug-likeness (QED) is 0.459. The Kier molecular flexibility index (Phi) is 6.71. The molecule has 0 atom stereocenters. The minimum Gasteiger partial charge on any atom is -0.493 e. The molecular formula is C23H23Cl2NO2. The third-order valence-electron chi connectivity index (χ3n) is 4.59. The number of anilines is 1. The van der Waals surface area contributed by atoms with Crippen molar-refractivity contribution in [3.05, 3.63) is 86.9 Å². The Morgan fingerprint density at radius 3 is 2.39 bits per heavy atom. The third kappa shape index (κ3) is 4.92. The molecule has 0 amide bonds. The maximum atomic E-state index is 6.49. The number of aryl methyl sites for hydroxylation is 2. The topological polar surface area (TPSA) is 30.5 Å². The van der Waals surface area contributed by atoms with Gasteiger partial charge in [0.15, 0.2) is 11.5 Å². The number of nitrogens with one attached hydrogen (secondary N) is 1. The maximum absolute atomic E-state index is 6.49. The summed E-state index contributed by atoms with van der Waals surface area (Å²) in [6.45, 7) is 5.06. The molecule has 146 valence electrons. The molecule has 1 N–H and O–H groups in total. The van der Waals surface area contributed by atoms with E-state index < -0.39 is 0 Å². The molecule has 0 saturated carbocycles. The van der Waals surface area contributed by atoms with Gasteiger partial charge in [0, 0.05) is 17.3 Å². The first-order chi connectivity index (χ1) is 13.5. The van der Waals surface area contributed by atoms with Gasteiger partial charge in [0.05, 0.1) is 12.1 Å². The van der Waals surface area contributed by atoms with E-state index >= 15 is 0 Å².